The summed E-state index contributed by atoms with van der Waals surface area (Å²) in [5.41, 5.74) is 8.44. The molecule has 2 fully saturated rings. The molecule has 2 aliphatic heterocycles. The number of amides is 1. The number of piperidine rings is 1. The lowest BCUT2D eigenvalue weighted by molar-refractivity contribution is -0.123. The number of rotatable bonds is 5. The highest BCUT2D eigenvalue weighted by Crippen LogP contribution is 2.32. The van der Waals surface area contributed by atoms with E-state index in [1.54, 1.807) is 4.68 Å². The van der Waals surface area contributed by atoms with E-state index in [4.69, 9.17) is 30.3 Å². The molecule has 3 heterocycles. The van der Waals surface area contributed by atoms with Crippen LogP contribution in [-0.2, 0) is 27.9 Å². The maximum absolute atomic E-state index is 13.4. The third-order valence-electron chi connectivity index (χ3n) is 6.00. The van der Waals surface area contributed by atoms with Crippen molar-refractivity contribution in [2.45, 2.75) is 38.0 Å². The molecule has 1 aromatic carbocycles. The highest BCUT2D eigenvalue weighted by Gasteiger charge is 2.38. The molecule has 2 saturated heterocycles. The van der Waals surface area contributed by atoms with E-state index >= 15 is 0 Å². The summed E-state index contributed by atoms with van der Waals surface area (Å²) in [4.78, 5) is 34.6. The molecule has 192 valence electrons. The predicted molar refractivity (Wildman–Crippen MR) is 129 cm³/mol. The van der Waals surface area contributed by atoms with Crippen LogP contribution in [0.3, 0.4) is 0 Å². The molecule has 0 saturated carbocycles. The molecular weight excluding hydrogens is 454 g/mol. The Hall–Kier alpha value is -3.28. The van der Waals surface area contributed by atoms with Gasteiger partial charge in [0.05, 0.1) is 24.9 Å². The number of likely N-dealkylation sites (tertiary alicyclic amines) is 1. The molecule has 0 radical (unpaired) electrons. The van der Waals surface area contributed by atoms with E-state index < -0.39 is 0 Å². The Balaban J connectivity index is 0.000000655. The van der Waals surface area contributed by atoms with Crippen LogP contribution in [0.5, 0.6) is 0 Å². The molecule has 2 aliphatic rings. The summed E-state index contributed by atoms with van der Waals surface area (Å²) in [6.07, 6.45) is 7.58. The molecule has 0 unspecified atom stereocenters. The molecule has 2 aromatic rings. The number of hydrogen-bond acceptors (Lipinski definition) is 7. The number of carbonyl (C=O) groups excluding carboxylic acids is 1. The number of nitrogens with zero attached hydrogens (tertiary/aromatic N) is 4. The lowest BCUT2D eigenvalue weighted by atomic mass is 9.98. The SMILES string of the molecule is Cn1cc([C@H]2[C@H](CN3CCCCC3)OCCN2C(=O)c2ccc(CN)cc2)cn1.O=CO.O=CO. The van der Waals surface area contributed by atoms with Crippen molar-refractivity contribution < 1.29 is 29.3 Å². The van der Waals surface area contributed by atoms with Gasteiger partial charge in [-0.3, -0.25) is 19.1 Å². The number of ether oxygens (including phenoxy) is 1. The molecule has 1 aromatic heterocycles. The van der Waals surface area contributed by atoms with E-state index in [-0.39, 0.29) is 31.0 Å². The fourth-order valence-electron chi connectivity index (χ4n) is 4.45. The van der Waals surface area contributed by atoms with Gasteiger partial charge in [-0.15, -0.1) is 0 Å². The monoisotopic (exact) mass is 489 g/mol. The summed E-state index contributed by atoms with van der Waals surface area (Å²) >= 11 is 0. The van der Waals surface area contributed by atoms with E-state index in [1.165, 1.54) is 19.3 Å². The van der Waals surface area contributed by atoms with Crippen LogP contribution in [0.2, 0.25) is 0 Å². The summed E-state index contributed by atoms with van der Waals surface area (Å²) in [6, 6.07) is 7.47. The van der Waals surface area contributed by atoms with Gasteiger partial charge in [0, 0.05) is 44.0 Å². The first-order valence-electron chi connectivity index (χ1n) is 11.6. The van der Waals surface area contributed by atoms with Crippen molar-refractivity contribution in [1.29, 1.82) is 0 Å². The number of morpholine rings is 1. The first-order chi connectivity index (χ1) is 17.0. The Kier molecular flexibility index (Phi) is 11.9. The summed E-state index contributed by atoms with van der Waals surface area (Å²) in [5.74, 6) is 0.0365. The van der Waals surface area contributed by atoms with Gasteiger partial charge in [-0.1, -0.05) is 18.6 Å². The van der Waals surface area contributed by atoms with Crippen molar-refractivity contribution in [3.8, 4) is 0 Å². The molecule has 0 spiro atoms. The average Bonchev–Trinajstić information content (AvgIpc) is 3.31. The summed E-state index contributed by atoms with van der Waals surface area (Å²) in [5, 5.41) is 18.1. The second-order valence-electron chi connectivity index (χ2n) is 8.27. The lowest BCUT2D eigenvalue weighted by Gasteiger charge is -2.43. The first-order valence-corrected chi connectivity index (χ1v) is 11.6. The summed E-state index contributed by atoms with van der Waals surface area (Å²) in [6.45, 7) is 4.16. The van der Waals surface area contributed by atoms with E-state index in [0.29, 0.717) is 25.3 Å². The minimum Gasteiger partial charge on any atom is -0.483 e. The number of hydrogen-bond donors (Lipinski definition) is 3. The van der Waals surface area contributed by atoms with Crippen LogP contribution in [0, 0.1) is 0 Å². The summed E-state index contributed by atoms with van der Waals surface area (Å²) in [7, 11) is 1.91. The predicted octanol–water partition coefficient (Wildman–Crippen LogP) is 1.35. The fraction of sp³-hybridized carbons (Fsp3) is 0.500. The van der Waals surface area contributed by atoms with Crippen molar-refractivity contribution in [2.24, 2.45) is 12.8 Å². The summed E-state index contributed by atoms with van der Waals surface area (Å²) < 4.78 is 8.01. The third kappa shape index (κ3) is 8.16. The Bertz CT molecular complexity index is 907. The van der Waals surface area contributed by atoms with Crippen molar-refractivity contribution in [1.82, 2.24) is 19.6 Å². The minimum atomic E-state index is -0.250. The second kappa shape index (κ2) is 14.9. The third-order valence-corrected chi connectivity index (χ3v) is 6.00. The standard InChI is InChI=1S/C22H31N5O2.2CH2O2/c1-25-15-19(14-24-25)21-20(16-26-9-3-2-4-10-26)29-12-11-27(21)22(28)18-7-5-17(13-23)6-8-18;2*2-1-3/h5-8,14-15,20-21H,2-4,9-13,16,23H2,1H3;2*1H,(H,2,3)/t20-,21-;;/m0../s1. The topological polar surface area (TPSA) is 151 Å². The number of carbonyl (C=O) groups is 3. The molecule has 0 bridgehead atoms. The first kappa shape index (κ1) is 28.0. The Labute approximate surface area is 205 Å². The van der Waals surface area contributed by atoms with Crippen molar-refractivity contribution >= 4 is 18.9 Å². The fourth-order valence-corrected chi connectivity index (χ4v) is 4.45. The van der Waals surface area contributed by atoms with Crippen molar-refractivity contribution in [3.63, 3.8) is 0 Å². The number of aromatic nitrogens is 2. The Morgan fingerprint density at radius 3 is 2.29 bits per heavy atom. The molecule has 11 heteroatoms. The zero-order chi connectivity index (χ0) is 25.6. The van der Waals surface area contributed by atoms with E-state index in [2.05, 4.69) is 10.00 Å². The number of aryl methyl sites for hydroxylation is 1. The second-order valence-corrected chi connectivity index (χ2v) is 8.27. The van der Waals surface area contributed by atoms with Gasteiger partial charge in [-0.25, -0.2) is 0 Å². The number of nitrogens with two attached hydrogens (primary N) is 1. The van der Waals surface area contributed by atoms with Gasteiger partial charge in [0.2, 0.25) is 0 Å². The molecule has 1 amide bonds. The van der Waals surface area contributed by atoms with Gasteiger partial charge < -0.3 is 30.5 Å². The normalized spacial score (nSPS) is 20.0. The Morgan fingerprint density at radius 2 is 1.74 bits per heavy atom. The lowest BCUT2D eigenvalue weighted by Crippen LogP contribution is -2.52. The van der Waals surface area contributed by atoms with Crippen molar-refractivity contribution in [3.05, 3.63) is 53.3 Å². The van der Waals surface area contributed by atoms with Crippen LogP contribution >= 0.6 is 0 Å². The molecule has 2 atom stereocenters. The highest BCUT2D eigenvalue weighted by molar-refractivity contribution is 5.94. The van der Waals surface area contributed by atoms with Gasteiger partial charge in [0.1, 0.15) is 0 Å². The minimum absolute atomic E-state index is 0.0365. The number of carboxylic acid groups (broad SMARTS) is 2. The molecule has 35 heavy (non-hydrogen) atoms. The largest absolute Gasteiger partial charge is 0.483 e. The molecule has 11 nitrogen and oxygen atoms in total. The Morgan fingerprint density at radius 1 is 1.11 bits per heavy atom. The molecule has 4 N–H and O–H groups in total. The van der Waals surface area contributed by atoms with Gasteiger partial charge >= 0.3 is 0 Å². The van der Waals surface area contributed by atoms with E-state index in [0.717, 1.165) is 30.8 Å². The van der Waals surface area contributed by atoms with E-state index in [1.807, 2.05) is 48.6 Å². The van der Waals surface area contributed by atoms with Gasteiger partial charge in [-0.2, -0.15) is 5.10 Å². The maximum atomic E-state index is 13.4. The van der Waals surface area contributed by atoms with Gasteiger partial charge in [0.15, 0.2) is 0 Å². The van der Waals surface area contributed by atoms with Crippen LogP contribution in [0.25, 0.3) is 0 Å². The van der Waals surface area contributed by atoms with Crippen molar-refractivity contribution in [2.75, 3.05) is 32.8 Å². The number of benzene rings is 1. The average molecular weight is 490 g/mol. The van der Waals surface area contributed by atoms with Crippen LogP contribution in [0.1, 0.15) is 46.8 Å². The van der Waals surface area contributed by atoms with Gasteiger partial charge in [0.25, 0.3) is 18.9 Å². The van der Waals surface area contributed by atoms with E-state index in [9.17, 15) is 4.79 Å². The van der Waals surface area contributed by atoms with Gasteiger partial charge in [-0.05, 0) is 43.6 Å². The molecule has 0 aliphatic carbocycles. The zero-order valence-corrected chi connectivity index (χ0v) is 20.0. The molecule has 4 rings (SSSR count). The van der Waals surface area contributed by atoms with Crippen LogP contribution in [0.4, 0.5) is 0 Å². The van der Waals surface area contributed by atoms with Crippen LogP contribution < -0.4 is 5.73 Å². The smallest absolute Gasteiger partial charge is 0.290 e. The zero-order valence-electron chi connectivity index (χ0n) is 20.0. The highest BCUT2D eigenvalue weighted by atomic mass is 16.5. The molecular formula is C24H35N5O6. The van der Waals surface area contributed by atoms with Crippen LogP contribution in [-0.4, -0.2) is 87.5 Å². The van der Waals surface area contributed by atoms with Crippen LogP contribution in [0.15, 0.2) is 36.7 Å². The maximum Gasteiger partial charge on any atom is 0.290 e. The quantitative estimate of drug-likeness (QED) is 0.529.